The molecule has 2 heterocycles. The van der Waals surface area contributed by atoms with Gasteiger partial charge in [0.1, 0.15) is 35.9 Å². The number of nitrogens with zero attached hydrogens (tertiary/aromatic N) is 2. The average Bonchev–Trinajstić information content (AvgIpc) is 1.64. The van der Waals surface area contributed by atoms with Gasteiger partial charge in [0.25, 0.3) is 10.1 Å². The third-order valence-corrected chi connectivity index (χ3v) is 16.6. The van der Waals surface area contributed by atoms with Crippen molar-refractivity contribution in [1.29, 1.82) is 0 Å². The first-order valence-corrected chi connectivity index (χ1v) is 32.9. The molecule has 0 unspecified atom stereocenters. The molecule has 7 amide bonds. The lowest BCUT2D eigenvalue weighted by Gasteiger charge is -2.25. The molecule has 2 aliphatic heterocycles. The van der Waals surface area contributed by atoms with E-state index in [0.29, 0.717) is 50.8 Å². The maximum atomic E-state index is 13.3. The van der Waals surface area contributed by atoms with E-state index in [0.717, 1.165) is 28.3 Å². The van der Waals surface area contributed by atoms with Gasteiger partial charge in [0, 0.05) is 86.3 Å². The standard InChI is InChI=1S/C59H88N10O17S3/c1-7-68-47-22-20-41(88(77,78)79)34-43(47)58(2,3)49(68)17-10-8-11-18-50-59(4,5)44-35-42(89(80,81)82)21-23-48(44)69(50)27-15-9-12-19-51(70)62-24-14-13-16-46(67-53(72)37-65-56(75)45(60)40-87)57(76)66-36-52(71)63-25-28-83-31-33-86-39-55(74)64-26-29-84-30-32-85-38-54(73)61-6/h8,10-11,17-18,20-23,34-35,45-46H,7,9,12-16,19,24-33,36-40,60H2,1-6H3,(H9-,61,62,63,64,65,66,67,70,71,72,73,74,75,76,77,78,79,80,81,82,87)/t45-,46-/m0/s1. The van der Waals surface area contributed by atoms with Crippen molar-refractivity contribution in [2.75, 3.05) is 116 Å². The van der Waals surface area contributed by atoms with E-state index in [9.17, 15) is 59.5 Å². The SMILES string of the molecule is CCN1/C(=C/C=C/C=C/C2=[N+](CCCCCC(=O)NCCCC[C@H](NC(=O)CNC(=O)[C@@H](N)CS)C(=O)NCC(=O)NCCOCCOCC(=O)NCCOCCOCC(=O)NC)c3ccc(S(=O)(=O)O)cc3C2(C)C)C(C)(C)c2cc(S(=O)(=O)[O-])ccc21. The van der Waals surface area contributed by atoms with Gasteiger partial charge in [-0.25, -0.2) is 8.42 Å². The van der Waals surface area contributed by atoms with Crippen molar-refractivity contribution in [3.8, 4) is 0 Å². The monoisotopic (exact) mass is 1300 g/mol. The van der Waals surface area contributed by atoms with E-state index in [1.165, 1.54) is 31.3 Å². The lowest BCUT2D eigenvalue weighted by Crippen LogP contribution is -2.52. The number of carbonyl (C=O) groups is 7. The van der Waals surface area contributed by atoms with Crippen LogP contribution in [0.2, 0.25) is 0 Å². The number of fused-ring (bicyclic) bond motifs is 2. The number of nitrogens with one attached hydrogen (secondary N) is 7. The van der Waals surface area contributed by atoms with Gasteiger partial charge in [0.05, 0.1) is 74.0 Å². The number of carbonyl (C=O) groups excluding carboxylic acids is 7. The van der Waals surface area contributed by atoms with Crippen LogP contribution in [0, 0.1) is 0 Å². The highest BCUT2D eigenvalue weighted by Crippen LogP contribution is 2.48. The molecular formula is C59H88N10O17S3. The molecule has 2 aromatic carbocycles. The third kappa shape index (κ3) is 24.3. The number of benzene rings is 2. The second-order valence-corrected chi connectivity index (χ2v) is 25.0. The summed E-state index contributed by atoms with van der Waals surface area (Å²) in [6.07, 6.45) is 12.6. The fourth-order valence-corrected chi connectivity index (χ4v) is 10.9. The number of unbranched alkanes of at least 4 members (excludes halogenated alkanes) is 3. The van der Waals surface area contributed by atoms with Crippen molar-refractivity contribution < 1.29 is 83.0 Å². The Kier molecular flexibility index (Phi) is 31.0. The summed E-state index contributed by atoms with van der Waals surface area (Å²) in [6, 6.07) is 6.91. The zero-order valence-corrected chi connectivity index (χ0v) is 54.0. The van der Waals surface area contributed by atoms with Crippen molar-refractivity contribution in [2.45, 2.75) is 112 Å². The molecular weight excluding hydrogens is 1220 g/mol. The molecule has 0 saturated heterocycles. The first-order valence-electron chi connectivity index (χ1n) is 29.4. The Morgan fingerprint density at radius 3 is 1.93 bits per heavy atom. The Balaban J connectivity index is 1.22. The van der Waals surface area contributed by atoms with Crippen molar-refractivity contribution in [3.63, 3.8) is 0 Å². The number of likely N-dealkylation sites (N-methyl/N-ethyl adjacent to an activating group) is 2. The number of thiol groups is 1. The summed E-state index contributed by atoms with van der Waals surface area (Å²) < 4.78 is 93.3. The first kappa shape index (κ1) is 74.9. The molecule has 0 radical (unpaired) electrons. The summed E-state index contributed by atoms with van der Waals surface area (Å²) in [4.78, 5) is 88.4. The lowest BCUT2D eigenvalue weighted by molar-refractivity contribution is -0.438. The molecule has 27 nitrogen and oxygen atoms in total. The van der Waals surface area contributed by atoms with Gasteiger partial charge in [-0.1, -0.05) is 32.1 Å². The molecule has 0 bridgehead atoms. The summed E-state index contributed by atoms with van der Waals surface area (Å²) >= 11 is 3.99. The van der Waals surface area contributed by atoms with Crippen LogP contribution in [0.5, 0.6) is 0 Å². The van der Waals surface area contributed by atoms with Crippen LogP contribution in [0.15, 0.2) is 82.3 Å². The number of hydrogen-bond acceptors (Lipinski definition) is 19. The molecule has 4 rings (SSSR count). The summed E-state index contributed by atoms with van der Waals surface area (Å²) in [6.45, 7) is 11.6. The van der Waals surface area contributed by atoms with Gasteiger partial charge in [-0.05, 0) is 94.8 Å². The zero-order valence-electron chi connectivity index (χ0n) is 51.5. The number of nitrogens with two attached hydrogens (primary N) is 1. The Morgan fingerprint density at radius 2 is 1.29 bits per heavy atom. The fourth-order valence-electron chi connectivity index (χ4n) is 9.75. The first-order chi connectivity index (χ1) is 42.2. The van der Waals surface area contributed by atoms with Crippen LogP contribution in [0.1, 0.15) is 90.7 Å². The van der Waals surface area contributed by atoms with Crippen molar-refractivity contribution in [3.05, 3.63) is 83.6 Å². The quantitative estimate of drug-likeness (QED) is 0.0145. The number of amides is 7. The van der Waals surface area contributed by atoms with E-state index in [4.69, 9.17) is 24.7 Å². The van der Waals surface area contributed by atoms with Gasteiger partial charge in [-0.15, -0.1) is 0 Å². The normalized spacial score (nSPS) is 15.4. The zero-order chi connectivity index (χ0) is 65.8. The molecule has 0 spiro atoms. The molecule has 2 aliphatic rings. The van der Waals surface area contributed by atoms with E-state index in [-0.39, 0.29) is 119 Å². The minimum Gasteiger partial charge on any atom is -0.744 e. The number of anilines is 1. The largest absolute Gasteiger partial charge is 0.744 e. The molecule has 0 aliphatic carbocycles. The van der Waals surface area contributed by atoms with Crippen LogP contribution in [-0.4, -0.2) is 201 Å². The van der Waals surface area contributed by atoms with E-state index < -0.39 is 79.9 Å². The number of rotatable bonds is 41. The van der Waals surface area contributed by atoms with Crippen molar-refractivity contribution in [2.24, 2.45) is 5.73 Å². The molecule has 494 valence electrons. The Bertz CT molecular complexity index is 3130. The van der Waals surface area contributed by atoms with Crippen molar-refractivity contribution >= 4 is 91.3 Å². The van der Waals surface area contributed by atoms with Crippen molar-refractivity contribution in [1.82, 2.24) is 37.2 Å². The molecule has 10 N–H and O–H groups in total. The van der Waals surface area contributed by atoms with Crippen LogP contribution in [0.25, 0.3) is 0 Å². The highest BCUT2D eigenvalue weighted by atomic mass is 32.2. The van der Waals surface area contributed by atoms with Crippen LogP contribution in [0.4, 0.5) is 11.4 Å². The summed E-state index contributed by atoms with van der Waals surface area (Å²) in [5.41, 5.74) is 9.19. The molecule has 30 heteroatoms. The fraction of sp³-hybridized carbons (Fsp3) is 0.559. The molecule has 2 aromatic rings. The van der Waals surface area contributed by atoms with Gasteiger partial charge in [0.15, 0.2) is 5.71 Å². The van der Waals surface area contributed by atoms with Crippen LogP contribution in [0.3, 0.4) is 0 Å². The smallest absolute Gasteiger partial charge is 0.294 e. The highest BCUT2D eigenvalue weighted by molar-refractivity contribution is 7.86. The highest BCUT2D eigenvalue weighted by Gasteiger charge is 2.45. The number of hydrogen-bond donors (Lipinski definition) is 10. The predicted octanol–water partition coefficient (Wildman–Crippen LogP) is 0.894. The van der Waals surface area contributed by atoms with E-state index in [1.54, 1.807) is 12.1 Å². The molecule has 0 fully saturated rings. The van der Waals surface area contributed by atoms with E-state index in [1.807, 2.05) is 65.0 Å². The predicted molar refractivity (Wildman–Crippen MR) is 334 cm³/mol. The van der Waals surface area contributed by atoms with Gasteiger partial charge in [-0.3, -0.25) is 38.1 Å². The number of allylic oxidation sites excluding steroid dienone is 6. The third-order valence-electron chi connectivity index (χ3n) is 14.5. The maximum absolute atomic E-state index is 13.3. The second kappa shape index (κ2) is 36.9. The van der Waals surface area contributed by atoms with Crippen LogP contribution in [-0.2, 0) is 83.6 Å². The van der Waals surface area contributed by atoms with E-state index >= 15 is 0 Å². The summed E-state index contributed by atoms with van der Waals surface area (Å²) in [7, 11) is -7.64. The molecule has 0 aromatic heterocycles. The van der Waals surface area contributed by atoms with Gasteiger partial charge >= 0.3 is 0 Å². The Morgan fingerprint density at radius 1 is 0.685 bits per heavy atom. The molecule has 89 heavy (non-hydrogen) atoms. The van der Waals surface area contributed by atoms with Gasteiger partial charge in [-0.2, -0.15) is 25.6 Å². The Labute approximate surface area is 527 Å². The lowest BCUT2D eigenvalue weighted by atomic mass is 9.81. The topological polar surface area (TPSA) is 384 Å². The summed E-state index contributed by atoms with van der Waals surface area (Å²) in [5, 5.41) is 18.1. The minimum atomic E-state index is -4.65. The molecule has 2 atom stereocenters. The maximum Gasteiger partial charge on any atom is 0.294 e. The minimum absolute atomic E-state index is 0.0433. The van der Waals surface area contributed by atoms with E-state index in [2.05, 4.69) is 59.3 Å². The average molecular weight is 1310 g/mol. The van der Waals surface area contributed by atoms with Crippen LogP contribution < -0.4 is 47.9 Å². The van der Waals surface area contributed by atoms with Crippen LogP contribution >= 0.6 is 12.6 Å². The second-order valence-electron chi connectivity index (χ2n) is 21.8. The van der Waals surface area contributed by atoms with Gasteiger partial charge < -0.3 is 71.4 Å². The summed E-state index contributed by atoms with van der Waals surface area (Å²) in [5.74, 6) is -3.19. The van der Waals surface area contributed by atoms with Gasteiger partial charge in [0.2, 0.25) is 47.0 Å². The Hall–Kier alpha value is -6.61. The molecule has 0 saturated carbocycles. The number of ether oxygens (including phenoxy) is 4.